The van der Waals surface area contributed by atoms with Gasteiger partial charge in [0, 0.05) is 0 Å². The summed E-state index contributed by atoms with van der Waals surface area (Å²) in [5.41, 5.74) is 1.95. The Bertz CT molecular complexity index is 1240. The van der Waals surface area contributed by atoms with Crippen molar-refractivity contribution in [3.8, 4) is 5.69 Å². The molecule has 0 atom stereocenters. The zero-order chi connectivity index (χ0) is 18.3. The van der Waals surface area contributed by atoms with Crippen molar-refractivity contribution in [1.82, 2.24) is 9.13 Å². The summed E-state index contributed by atoms with van der Waals surface area (Å²) in [5, 5.41) is 1.79. The van der Waals surface area contributed by atoms with Gasteiger partial charge >= 0.3 is 5.69 Å². The van der Waals surface area contributed by atoms with Crippen molar-refractivity contribution in [2.75, 3.05) is 0 Å². The molecule has 4 aromatic rings. The standard InChI is InChI=1S/C20H15FN2O2S/c1-13-4-2-7-16(10-13)23-19(24)18-17(8-9-26-18)22(20(23)25)12-14-5-3-6-15(21)11-14/h2-11H,12H2,1H3. The average Bonchev–Trinajstić information content (AvgIpc) is 3.09. The molecule has 2 aromatic carbocycles. The predicted octanol–water partition coefficient (Wildman–Crippen LogP) is 3.71. The molecule has 0 saturated heterocycles. The Kier molecular flexibility index (Phi) is 4.05. The average molecular weight is 366 g/mol. The van der Waals surface area contributed by atoms with Gasteiger partial charge in [0.1, 0.15) is 10.5 Å². The Hall–Kier alpha value is -2.99. The molecule has 4 rings (SSSR count). The highest BCUT2D eigenvalue weighted by Crippen LogP contribution is 2.18. The van der Waals surface area contributed by atoms with Crippen LogP contribution >= 0.6 is 11.3 Å². The van der Waals surface area contributed by atoms with Crippen LogP contribution in [0.4, 0.5) is 4.39 Å². The number of hydrogen-bond donors (Lipinski definition) is 0. The quantitative estimate of drug-likeness (QED) is 0.555. The van der Waals surface area contributed by atoms with Crippen LogP contribution in [0.15, 0.2) is 69.6 Å². The summed E-state index contributed by atoms with van der Waals surface area (Å²) < 4.78 is 16.7. The Morgan fingerprint density at radius 2 is 1.85 bits per heavy atom. The van der Waals surface area contributed by atoms with Gasteiger partial charge in [0.25, 0.3) is 5.56 Å². The highest BCUT2D eigenvalue weighted by molar-refractivity contribution is 7.17. The molecule has 0 spiro atoms. The highest BCUT2D eigenvalue weighted by atomic mass is 32.1. The van der Waals surface area contributed by atoms with Gasteiger partial charge < -0.3 is 0 Å². The lowest BCUT2D eigenvalue weighted by atomic mass is 10.2. The molecule has 0 fully saturated rings. The number of hydrogen-bond acceptors (Lipinski definition) is 3. The smallest absolute Gasteiger partial charge is 0.288 e. The second-order valence-electron chi connectivity index (χ2n) is 6.11. The highest BCUT2D eigenvalue weighted by Gasteiger charge is 2.16. The summed E-state index contributed by atoms with van der Waals surface area (Å²) in [6, 6.07) is 15.1. The van der Waals surface area contributed by atoms with Crippen molar-refractivity contribution in [2.45, 2.75) is 13.5 Å². The van der Waals surface area contributed by atoms with Gasteiger partial charge in [-0.2, -0.15) is 0 Å². The molecule has 26 heavy (non-hydrogen) atoms. The van der Waals surface area contributed by atoms with Crippen LogP contribution in [0, 0.1) is 12.7 Å². The predicted molar refractivity (Wildman–Crippen MR) is 102 cm³/mol. The van der Waals surface area contributed by atoms with E-state index < -0.39 is 5.69 Å². The van der Waals surface area contributed by atoms with Crippen molar-refractivity contribution in [3.05, 3.63) is 97.8 Å². The van der Waals surface area contributed by atoms with Crippen molar-refractivity contribution in [3.63, 3.8) is 0 Å². The molecule has 0 amide bonds. The Morgan fingerprint density at radius 3 is 2.62 bits per heavy atom. The maximum atomic E-state index is 13.5. The van der Waals surface area contributed by atoms with Gasteiger partial charge in [-0.15, -0.1) is 11.3 Å². The molecule has 0 aliphatic rings. The number of rotatable bonds is 3. The van der Waals surface area contributed by atoms with E-state index in [9.17, 15) is 14.0 Å². The van der Waals surface area contributed by atoms with Gasteiger partial charge in [0.05, 0.1) is 17.7 Å². The molecule has 4 nitrogen and oxygen atoms in total. The van der Waals surface area contributed by atoms with Crippen LogP contribution in [0.5, 0.6) is 0 Å². The molecule has 0 radical (unpaired) electrons. The van der Waals surface area contributed by atoms with E-state index in [1.807, 2.05) is 19.1 Å². The lowest BCUT2D eigenvalue weighted by Crippen LogP contribution is -2.38. The summed E-state index contributed by atoms with van der Waals surface area (Å²) in [6.07, 6.45) is 0. The van der Waals surface area contributed by atoms with Crippen LogP contribution < -0.4 is 11.2 Å². The van der Waals surface area contributed by atoms with Crippen LogP contribution in [-0.2, 0) is 6.54 Å². The fourth-order valence-electron chi connectivity index (χ4n) is 3.05. The number of benzene rings is 2. The normalized spacial score (nSPS) is 11.2. The number of thiophene rings is 1. The maximum absolute atomic E-state index is 13.5. The van der Waals surface area contributed by atoms with Crippen LogP contribution in [0.3, 0.4) is 0 Å². The van der Waals surface area contributed by atoms with Crippen LogP contribution in [0.1, 0.15) is 11.1 Å². The second-order valence-corrected chi connectivity index (χ2v) is 7.03. The number of aryl methyl sites for hydroxylation is 1. The SMILES string of the molecule is Cc1cccc(-n2c(=O)c3sccc3n(Cc3cccc(F)c3)c2=O)c1. The van der Waals surface area contributed by atoms with Crippen molar-refractivity contribution in [2.24, 2.45) is 0 Å². The fraction of sp³-hybridized carbons (Fsp3) is 0.100. The summed E-state index contributed by atoms with van der Waals surface area (Å²) in [7, 11) is 0. The van der Waals surface area contributed by atoms with E-state index in [4.69, 9.17) is 0 Å². The number of fused-ring (bicyclic) bond motifs is 1. The van der Waals surface area contributed by atoms with Crippen molar-refractivity contribution in [1.29, 1.82) is 0 Å². The van der Waals surface area contributed by atoms with E-state index in [2.05, 4.69) is 0 Å². The van der Waals surface area contributed by atoms with E-state index in [1.54, 1.807) is 35.7 Å². The lowest BCUT2D eigenvalue weighted by molar-refractivity contribution is 0.622. The molecule has 0 saturated carbocycles. The van der Waals surface area contributed by atoms with E-state index in [1.165, 1.54) is 32.6 Å². The van der Waals surface area contributed by atoms with Crippen LogP contribution in [0.25, 0.3) is 15.9 Å². The summed E-state index contributed by atoms with van der Waals surface area (Å²) in [6.45, 7) is 2.10. The zero-order valence-corrected chi connectivity index (χ0v) is 14.8. The monoisotopic (exact) mass is 366 g/mol. The largest absolute Gasteiger partial charge is 0.336 e. The van der Waals surface area contributed by atoms with Crippen molar-refractivity contribution >= 4 is 21.6 Å². The molecular formula is C20H15FN2O2S. The first kappa shape index (κ1) is 16.5. The fourth-order valence-corrected chi connectivity index (χ4v) is 3.88. The van der Waals surface area contributed by atoms with Gasteiger partial charge in [-0.1, -0.05) is 24.3 Å². The minimum absolute atomic E-state index is 0.190. The zero-order valence-electron chi connectivity index (χ0n) is 14.0. The van der Waals surface area contributed by atoms with Crippen molar-refractivity contribution < 1.29 is 4.39 Å². The van der Waals surface area contributed by atoms with Gasteiger partial charge in [0.2, 0.25) is 0 Å². The minimum Gasteiger partial charge on any atom is -0.288 e. The lowest BCUT2D eigenvalue weighted by Gasteiger charge is -2.13. The molecule has 2 heterocycles. The van der Waals surface area contributed by atoms with Gasteiger partial charge in [-0.25, -0.2) is 13.8 Å². The van der Waals surface area contributed by atoms with E-state index in [0.29, 0.717) is 21.5 Å². The minimum atomic E-state index is -0.434. The molecule has 6 heteroatoms. The molecule has 130 valence electrons. The Labute approximate surface area is 152 Å². The van der Waals surface area contributed by atoms with E-state index in [-0.39, 0.29) is 17.9 Å². The van der Waals surface area contributed by atoms with E-state index in [0.717, 1.165) is 5.56 Å². The number of nitrogens with zero attached hydrogens (tertiary/aromatic N) is 2. The maximum Gasteiger partial charge on any atom is 0.336 e. The third-order valence-electron chi connectivity index (χ3n) is 4.24. The molecule has 0 bridgehead atoms. The summed E-state index contributed by atoms with van der Waals surface area (Å²) in [4.78, 5) is 26.0. The topological polar surface area (TPSA) is 44.0 Å². The molecule has 0 unspecified atom stereocenters. The molecule has 0 aliphatic carbocycles. The van der Waals surface area contributed by atoms with Gasteiger partial charge in [-0.3, -0.25) is 9.36 Å². The molecule has 2 aromatic heterocycles. The Balaban J connectivity index is 2.00. The second kappa shape index (κ2) is 6.38. The number of halogens is 1. The molecular weight excluding hydrogens is 351 g/mol. The summed E-state index contributed by atoms with van der Waals surface area (Å²) in [5.74, 6) is -0.357. The third kappa shape index (κ3) is 2.78. The Morgan fingerprint density at radius 1 is 1.04 bits per heavy atom. The molecule has 0 N–H and O–H groups in total. The van der Waals surface area contributed by atoms with E-state index >= 15 is 0 Å². The first-order valence-corrected chi connectivity index (χ1v) is 8.97. The van der Waals surface area contributed by atoms with Crippen LogP contribution in [-0.4, -0.2) is 9.13 Å². The third-order valence-corrected chi connectivity index (χ3v) is 5.14. The first-order chi connectivity index (χ1) is 12.5. The first-order valence-electron chi connectivity index (χ1n) is 8.09. The summed E-state index contributed by atoms with van der Waals surface area (Å²) >= 11 is 1.30. The number of aromatic nitrogens is 2. The van der Waals surface area contributed by atoms with Gasteiger partial charge in [0.15, 0.2) is 0 Å². The van der Waals surface area contributed by atoms with Gasteiger partial charge in [-0.05, 0) is 53.8 Å². The van der Waals surface area contributed by atoms with Crippen LogP contribution in [0.2, 0.25) is 0 Å². The molecule has 0 aliphatic heterocycles.